The molecule has 0 unspecified atom stereocenters. The summed E-state index contributed by atoms with van der Waals surface area (Å²) in [6, 6.07) is 12.5. The van der Waals surface area contributed by atoms with Crippen molar-refractivity contribution in [2.24, 2.45) is 0 Å². The SMILES string of the molecule is Cc1cc(N2CCC[C@@H](c3nccn3Cc3ccccc3)C2)nc(N)n1. The lowest BCUT2D eigenvalue weighted by Gasteiger charge is -2.33. The number of rotatable bonds is 4. The average molecular weight is 348 g/mol. The highest BCUT2D eigenvalue weighted by Gasteiger charge is 2.26. The molecule has 0 bridgehead atoms. The molecule has 0 radical (unpaired) electrons. The molecule has 2 aromatic heterocycles. The highest BCUT2D eigenvalue weighted by Crippen LogP contribution is 2.29. The first kappa shape index (κ1) is 16.6. The smallest absolute Gasteiger partial charge is 0.222 e. The van der Waals surface area contributed by atoms with Gasteiger partial charge >= 0.3 is 0 Å². The zero-order valence-corrected chi connectivity index (χ0v) is 15.0. The molecular weight excluding hydrogens is 324 g/mol. The van der Waals surface area contributed by atoms with Crippen LogP contribution in [0.25, 0.3) is 0 Å². The van der Waals surface area contributed by atoms with Gasteiger partial charge in [-0.2, -0.15) is 4.98 Å². The molecule has 1 saturated heterocycles. The molecular formula is C20H24N6. The summed E-state index contributed by atoms with van der Waals surface area (Å²) in [5.74, 6) is 2.80. The summed E-state index contributed by atoms with van der Waals surface area (Å²) in [5, 5.41) is 0. The Hall–Kier alpha value is -2.89. The van der Waals surface area contributed by atoms with Gasteiger partial charge in [-0.15, -0.1) is 0 Å². The normalized spacial score (nSPS) is 17.4. The van der Waals surface area contributed by atoms with Gasteiger partial charge in [-0.25, -0.2) is 9.97 Å². The highest BCUT2D eigenvalue weighted by atomic mass is 15.2. The molecule has 1 fully saturated rings. The number of aromatic nitrogens is 4. The quantitative estimate of drug-likeness (QED) is 0.785. The maximum atomic E-state index is 5.84. The number of piperidine rings is 1. The Labute approximate surface area is 153 Å². The van der Waals surface area contributed by atoms with Gasteiger partial charge in [0.05, 0.1) is 0 Å². The third-order valence-electron chi connectivity index (χ3n) is 4.91. The van der Waals surface area contributed by atoms with Crippen molar-refractivity contribution in [2.75, 3.05) is 23.7 Å². The number of nitrogens with zero attached hydrogens (tertiary/aromatic N) is 5. The number of benzene rings is 1. The monoisotopic (exact) mass is 348 g/mol. The number of nitrogen functional groups attached to an aromatic ring is 1. The largest absolute Gasteiger partial charge is 0.368 e. The zero-order valence-electron chi connectivity index (χ0n) is 15.0. The molecule has 1 atom stereocenters. The van der Waals surface area contributed by atoms with Crippen LogP contribution in [0.4, 0.5) is 11.8 Å². The number of anilines is 2. The van der Waals surface area contributed by atoms with E-state index < -0.39 is 0 Å². The first-order chi connectivity index (χ1) is 12.7. The molecule has 0 aliphatic carbocycles. The maximum absolute atomic E-state index is 5.84. The van der Waals surface area contributed by atoms with Crippen LogP contribution in [0, 0.1) is 6.92 Å². The summed E-state index contributed by atoms with van der Waals surface area (Å²) in [6.07, 6.45) is 6.24. The van der Waals surface area contributed by atoms with E-state index in [1.807, 2.05) is 25.3 Å². The molecule has 2 N–H and O–H groups in total. The number of hydrogen-bond donors (Lipinski definition) is 1. The minimum atomic E-state index is 0.340. The van der Waals surface area contributed by atoms with Crippen molar-refractivity contribution < 1.29 is 0 Å². The fourth-order valence-corrected chi connectivity index (χ4v) is 3.73. The minimum absolute atomic E-state index is 0.340. The topological polar surface area (TPSA) is 72.9 Å². The van der Waals surface area contributed by atoms with Gasteiger partial charge in [0.25, 0.3) is 0 Å². The van der Waals surface area contributed by atoms with E-state index >= 15 is 0 Å². The molecule has 3 aromatic rings. The van der Waals surface area contributed by atoms with E-state index in [4.69, 9.17) is 5.73 Å². The third-order valence-corrected chi connectivity index (χ3v) is 4.91. The summed E-state index contributed by atoms with van der Waals surface area (Å²) in [6.45, 7) is 4.70. The molecule has 0 amide bonds. The molecule has 6 heteroatoms. The van der Waals surface area contributed by atoms with Crippen molar-refractivity contribution in [2.45, 2.75) is 32.2 Å². The molecule has 0 spiro atoms. The molecule has 26 heavy (non-hydrogen) atoms. The number of hydrogen-bond acceptors (Lipinski definition) is 5. The van der Waals surface area contributed by atoms with E-state index in [1.165, 1.54) is 5.56 Å². The average Bonchev–Trinajstić information content (AvgIpc) is 3.10. The van der Waals surface area contributed by atoms with Crippen molar-refractivity contribution in [3.8, 4) is 0 Å². The first-order valence-electron chi connectivity index (χ1n) is 9.10. The lowest BCUT2D eigenvalue weighted by molar-refractivity contribution is 0.474. The van der Waals surface area contributed by atoms with Gasteiger partial charge in [-0.3, -0.25) is 0 Å². The number of imidazole rings is 1. The van der Waals surface area contributed by atoms with Crippen molar-refractivity contribution in [1.82, 2.24) is 19.5 Å². The lowest BCUT2D eigenvalue weighted by Crippen LogP contribution is -2.36. The van der Waals surface area contributed by atoms with Crippen LogP contribution in [-0.2, 0) is 6.54 Å². The number of nitrogens with two attached hydrogens (primary N) is 1. The first-order valence-corrected chi connectivity index (χ1v) is 9.10. The van der Waals surface area contributed by atoms with Gasteiger partial charge in [0.2, 0.25) is 5.95 Å². The van der Waals surface area contributed by atoms with Crippen LogP contribution in [0.3, 0.4) is 0 Å². The van der Waals surface area contributed by atoms with E-state index in [1.54, 1.807) is 0 Å². The van der Waals surface area contributed by atoms with E-state index in [2.05, 4.69) is 54.9 Å². The van der Waals surface area contributed by atoms with Gasteiger partial charge in [0.1, 0.15) is 11.6 Å². The maximum Gasteiger partial charge on any atom is 0.222 e. The fourth-order valence-electron chi connectivity index (χ4n) is 3.73. The summed E-state index contributed by atoms with van der Waals surface area (Å²) in [4.78, 5) is 15.6. The van der Waals surface area contributed by atoms with Gasteiger partial charge in [-0.1, -0.05) is 30.3 Å². The Kier molecular flexibility index (Phi) is 4.56. The van der Waals surface area contributed by atoms with Gasteiger partial charge < -0.3 is 15.2 Å². The van der Waals surface area contributed by atoms with E-state index in [0.29, 0.717) is 11.9 Å². The molecule has 6 nitrogen and oxygen atoms in total. The standard InChI is InChI=1S/C20H24N6/c1-15-12-18(24-20(21)23-15)25-10-5-8-17(14-25)19-22-9-11-26(19)13-16-6-3-2-4-7-16/h2-4,6-7,9,11-12,17H,5,8,10,13-14H2,1H3,(H2,21,23,24)/t17-/m1/s1. The summed E-state index contributed by atoms with van der Waals surface area (Å²) in [5.41, 5.74) is 8.03. The predicted octanol–water partition coefficient (Wildman–Crippen LogP) is 3.00. The second-order valence-corrected chi connectivity index (χ2v) is 6.91. The van der Waals surface area contributed by atoms with Crippen LogP contribution in [-0.4, -0.2) is 32.6 Å². The molecule has 134 valence electrons. The molecule has 0 saturated carbocycles. The third kappa shape index (κ3) is 3.54. The summed E-state index contributed by atoms with van der Waals surface area (Å²) >= 11 is 0. The van der Waals surface area contributed by atoms with Crippen molar-refractivity contribution >= 4 is 11.8 Å². The molecule has 1 aliphatic heterocycles. The summed E-state index contributed by atoms with van der Waals surface area (Å²) < 4.78 is 2.27. The van der Waals surface area contributed by atoms with Crippen molar-refractivity contribution in [1.29, 1.82) is 0 Å². The van der Waals surface area contributed by atoms with Crippen LogP contribution in [0.1, 0.15) is 35.8 Å². The second-order valence-electron chi connectivity index (χ2n) is 6.91. The Morgan fingerprint density at radius 1 is 1.19 bits per heavy atom. The van der Waals surface area contributed by atoms with Gasteiger partial charge in [-0.05, 0) is 25.3 Å². The molecule has 1 aliphatic rings. The molecule has 4 rings (SSSR count). The Morgan fingerprint density at radius 2 is 2.04 bits per heavy atom. The lowest BCUT2D eigenvalue weighted by atomic mass is 9.97. The Balaban J connectivity index is 1.54. The minimum Gasteiger partial charge on any atom is -0.368 e. The van der Waals surface area contributed by atoms with Gasteiger partial charge in [0.15, 0.2) is 0 Å². The van der Waals surface area contributed by atoms with Crippen LogP contribution in [0.5, 0.6) is 0 Å². The predicted molar refractivity (Wildman–Crippen MR) is 103 cm³/mol. The highest BCUT2D eigenvalue weighted by molar-refractivity contribution is 5.44. The van der Waals surface area contributed by atoms with Crippen LogP contribution in [0.15, 0.2) is 48.8 Å². The van der Waals surface area contributed by atoms with E-state index in [-0.39, 0.29) is 0 Å². The number of aryl methyl sites for hydroxylation is 1. The second kappa shape index (κ2) is 7.15. The summed E-state index contributed by atoms with van der Waals surface area (Å²) in [7, 11) is 0. The Morgan fingerprint density at radius 3 is 2.85 bits per heavy atom. The van der Waals surface area contributed by atoms with Crippen LogP contribution < -0.4 is 10.6 Å². The Bertz CT molecular complexity index is 853. The van der Waals surface area contributed by atoms with Crippen molar-refractivity contribution in [3.63, 3.8) is 0 Å². The fraction of sp³-hybridized carbons (Fsp3) is 0.350. The molecule has 1 aromatic carbocycles. The van der Waals surface area contributed by atoms with E-state index in [0.717, 1.165) is 49.8 Å². The van der Waals surface area contributed by atoms with Crippen LogP contribution >= 0.6 is 0 Å². The van der Waals surface area contributed by atoms with Crippen LogP contribution in [0.2, 0.25) is 0 Å². The zero-order chi connectivity index (χ0) is 17.9. The van der Waals surface area contributed by atoms with Gasteiger partial charge in [0, 0.05) is 49.7 Å². The van der Waals surface area contributed by atoms with E-state index in [9.17, 15) is 0 Å². The molecule has 3 heterocycles. The van der Waals surface area contributed by atoms with Crippen molar-refractivity contribution in [3.05, 3.63) is 65.9 Å².